The zero-order valence-corrected chi connectivity index (χ0v) is 16.8. The summed E-state index contributed by atoms with van der Waals surface area (Å²) in [7, 11) is -3.49. The zero-order chi connectivity index (χ0) is 19.3. The Bertz CT molecular complexity index is 734. The number of amides is 1. The number of benzene rings is 1. The minimum absolute atomic E-state index is 0.0675. The van der Waals surface area contributed by atoms with Gasteiger partial charge in [0.25, 0.3) is 0 Å². The van der Waals surface area contributed by atoms with Gasteiger partial charge in [-0.05, 0) is 44.2 Å². The first-order valence-corrected chi connectivity index (χ1v) is 11.6. The second-order valence-electron chi connectivity index (χ2n) is 8.19. The van der Waals surface area contributed by atoms with Gasteiger partial charge in [0.15, 0.2) is 0 Å². The summed E-state index contributed by atoms with van der Waals surface area (Å²) in [6, 6.07) is 10.5. The Hall–Kier alpha value is -1.44. The molecule has 7 heteroatoms. The Morgan fingerprint density at radius 3 is 2.48 bits per heavy atom. The first-order valence-electron chi connectivity index (χ1n) is 9.90. The second kappa shape index (κ2) is 8.71. The summed E-state index contributed by atoms with van der Waals surface area (Å²) in [6.45, 7) is 4.69. The SMILES string of the molecule is NS(=O)(=O)CCCC(=O)N1CCCC2(CCCN(Cc3ccccc3)C2)C1. The van der Waals surface area contributed by atoms with E-state index in [0.717, 1.165) is 39.1 Å². The third kappa shape index (κ3) is 6.02. The average Bonchev–Trinajstić information content (AvgIpc) is 2.61. The summed E-state index contributed by atoms with van der Waals surface area (Å²) < 4.78 is 22.1. The van der Waals surface area contributed by atoms with Crippen molar-refractivity contribution in [2.45, 2.75) is 45.1 Å². The van der Waals surface area contributed by atoms with Crippen LogP contribution < -0.4 is 5.14 Å². The van der Waals surface area contributed by atoms with Crippen molar-refractivity contribution in [1.29, 1.82) is 0 Å². The normalized spacial score (nSPS) is 24.3. The molecule has 1 spiro atoms. The Morgan fingerprint density at radius 2 is 1.78 bits per heavy atom. The molecule has 0 aromatic heterocycles. The van der Waals surface area contributed by atoms with E-state index in [9.17, 15) is 13.2 Å². The number of primary sulfonamides is 1. The first kappa shape index (κ1) is 20.3. The second-order valence-corrected chi connectivity index (χ2v) is 9.92. The number of hydrogen-bond donors (Lipinski definition) is 1. The van der Waals surface area contributed by atoms with Gasteiger partial charge in [-0.3, -0.25) is 9.69 Å². The predicted octanol–water partition coefficient (Wildman–Crippen LogP) is 1.96. The lowest BCUT2D eigenvalue weighted by molar-refractivity contribution is -0.136. The minimum atomic E-state index is -3.49. The van der Waals surface area contributed by atoms with E-state index in [1.165, 1.54) is 24.8 Å². The van der Waals surface area contributed by atoms with E-state index in [4.69, 9.17) is 5.14 Å². The number of piperidine rings is 2. The number of nitrogens with two attached hydrogens (primary N) is 1. The molecule has 1 amide bonds. The smallest absolute Gasteiger partial charge is 0.222 e. The van der Waals surface area contributed by atoms with E-state index in [0.29, 0.717) is 6.42 Å². The molecule has 27 heavy (non-hydrogen) atoms. The van der Waals surface area contributed by atoms with Gasteiger partial charge in [-0.15, -0.1) is 0 Å². The van der Waals surface area contributed by atoms with Gasteiger partial charge in [0.2, 0.25) is 15.9 Å². The maximum absolute atomic E-state index is 12.6. The maximum Gasteiger partial charge on any atom is 0.222 e. The monoisotopic (exact) mass is 393 g/mol. The Balaban J connectivity index is 1.56. The quantitative estimate of drug-likeness (QED) is 0.801. The van der Waals surface area contributed by atoms with Gasteiger partial charge in [0, 0.05) is 38.0 Å². The van der Waals surface area contributed by atoms with Crippen LogP contribution in [0.1, 0.15) is 44.1 Å². The maximum atomic E-state index is 12.6. The lowest BCUT2D eigenvalue weighted by Crippen LogP contribution is -2.53. The van der Waals surface area contributed by atoms with Crippen LogP contribution in [0.25, 0.3) is 0 Å². The molecule has 1 aromatic carbocycles. The van der Waals surface area contributed by atoms with Crippen molar-refractivity contribution in [2.24, 2.45) is 10.6 Å². The lowest BCUT2D eigenvalue weighted by Gasteiger charge is -2.48. The lowest BCUT2D eigenvalue weighted by atomic mass is 9.73. The molecule has 2 fully saturated rings. The van der Waals surface area contributed by atoms with Crippen molar-refractivity contribution < 1.29 is 13.2 Å². The van der Waals surface area contributed by atoms with Gasteiger partial charge in [-0.2, -0.15) is 0 Å². The number of carbonyl (C=O) groups is 1. The highest BCUT2D eigenvalue weighted by Crippen LogP contribution is 2.39. The molecular formula is C20H31N3O3S. The van der Waals surface area contributed by atoms with Gasteiger partial charge < -0.3 is 4.90 Å². The Kier molecular flexibility index (Phi) is 6.55. The molecule has 1 atom stereocenters. The van der Waals surface area contributed by atoms with Gasteiger partial charge in [-0.1, -0.05) is 30.3 Å². The molecule has 2 aliphatic heterocycles. The van der Waals surface area contributed by atoms with Crippen LogP contribution in [0, 0.1) is 5.41 Å². The van der Waals surface area contributed by atoms with Gasteiger partial charge in [-0.25, -0.2) is 13.6 Å². The molecule has 0 radical (unpaired) electrons. The molecule has 0 bridgehead atoms. The summed E-state index contributed by atoms with van der Waals surface area (Å²) in [5.74, 6) is -0.0549. The summed E-state index contributed by atoms with van der Waals surface area (Å²) in [6.07, 6.45) is 5.10. The van der Waals surface area contributed by atoms with E-state index < -0.39 is 10.0 Å². The van der Waals surface area contributed by atoms with E-state index in [2.05, 4.69) is 29.2 Å². The first-order chi connectivity index (χ1) is 12.9. The minimum Gasteiger partial charge on any atom is -0.342 e. The third-order valence-electron chi connectivity index (χ3n) is 5.82. The van der Waals surface area contributed by atoms with Crippen molar-refractivity contribution in [3.05, 3.63) is 35.9 Å². The van der Waals surface area contributed by atoms with E-state index in [-0.39, 0.29) is 23.5 Å². The van der Waals surface area contributed by atoms with Crippen LogP contribution in [-0.4, -0.2) is 56.1 Å². The fraction of sp³-hybridized carbons (Fsp3) is 0.650. The summed E-state index contributed by atoms with van der Waals surface area (Å²) >= 11 is 0. The molecule has 2 aliphatic rings. The fourth-order valence-corrected chi connectivity index (χ4v) is 5.17. The topological polar surface area (TPSA) is 83.7 Å². The number of nitrogens with zero attached hydrogens (tertiary/aromatic N) is 2. The molecule has 1 unspecified atom stereocenters. The van der Waals surface area contributed by atoms with E-state index in [1.54, 1.807) is 0 Å². The van der Waals surface area contributed by atoms with Gasteiger partial charge >= 0.3 is 0 Å². The van der Waals surface area contributed by atoms with Gasteiger partial charge in [0.1, 0.15) is 0 Å². The van der Waals surface area contributed by atoms with Crippen molar-refractivity contribution in [2.75, 3.05) is 31.9 Å². The van der Waals surface area contributed by atoms with Crippen molar-refractivity contribution >= 4 is 15.9 Å². The molecule has 2 heterocycles. The summed E-state index contributed by atoms with van der Waals surface area (Å²) in [5, 5.41) is 5.03. The number of carbonyl (C=O) groups excluding carboxylic acids is 1. The van der Waals surface area contributed by atoms with Crippen LogP contribution in [0.4, 0.5) is 0 Å². The standard InChI is InChI=1S/C20H31N3O3S/c21-27(25,26)14-4-9-19(24)23-13-6-11-20(17-23)10-5-12-22(16-20)15-18-7-2-1-3-8-18/h1-3,7-8H,4-6,9-17H2,(H2,21,25,26). The summed E-state index contributed by atoms with van der Waals surface area (Å²) in [4.78, 5) is 17.0. The van der Waals surface area contributed by atoms with Crippen molar-refractivity contribution in [3.63, 3.8) is 0 Å². The summed E-state index contributed by atoms with van der Waals surface area (Å²) in [5.41, 5.74) is 1.52. The van der Waals surface area contributed by atoms with Crippen LogP contribution in [0.15, 0.2) is 30.3 Å². The Labute approximate surface area is 162 Å². The number of rotatable bonds is 6. The highest BCUT2D eigenvalue weighted by Gasteiger charge is 2.40. The molecular weight excluding hydrogens is 362 g/mol. The molecule has 2 N–H and O–H groups in total. The predicted molar refractivity (Wildman–Crippen MR) is 106 cm³/mol. The average molecular weight is 394 g/mol. The van der Waals surface area contributed by atoms with Gasteiger partial charge in [0.05, 0.1) is 5.75 Å². The van der Waals surface area contributed by atoms with E-state index >= 15 is 0 Å². The highest BCUT2D eigenvalue weighted by atomic mass is 32.2. The van der Waals surface area contributed by atoms with Crippen LogP contribution in [0.5, 0.6) is 0 Å². The number of hydrogen-bond acceptors (Lipinski definition) is 4. The van der Waals surface area contributed by atoms with Crippen molar-refractivity contribution in [1.82, 2.24) is 9.80 Å². The highest BCUT2D eigenvalue weighted by molar-refractivity contribution is 7.89. The van der Waals surface area contributed by atoms with Crippen LogP contribution in [0.3, 0.4) is 0 Å². The van der Waals surface area contributed by atoms with Crippen molar-refractivity contribution in [3.8, 4) is 0 Å². The molecule has 0 aliphatic carbocycles. The van der Waals surface area contributed by atoms with Crippen LogP contribution >= 0.6 is 0 Å². The molecule has 150 valence electrons. The molecule has 1 aromatic rings. The molecule has 2 saturated heterocycles. The number of likely N-dealkylation sites (tertiary alicyclic amines) is 2. The Morgan fingerprint density at radius 1 is 1.07 bits per heavy atom. The zero-order valence-electron chi connectivity index (χ0n) is 16.0. The molecule has 0 saturated carbocycles. The van der Waals surface area contributed by atoms with E-state index in [1.807, 2.05) is 11.0 Å². The molecule has 3 rings (SSSR count). The van der Waals surface area contributed by atoms with Crippen LogP contribution in [0.2, 0.25) is 0 Å². The molecule has 6 nitrogen and oxygen atoms in total. The number of sulfonamides is 1. The van der Waals surface area contributed by atoms with Crippen LogP contribution in [-0.2, 0) is 21.4 Å². The largest absolute Gasteiger partial charge is 0.342 e. The fourth-order valence-electron chi connectivity index (χ4n) is 4.62. The third-order valence-corrected chi connectivity index (χ3v) is 6.68.